The quantitative estimate of drug-likeness (QED) is 0.918. The van der Waals surface area contributed by atoms with Gasteiger partial charge in [0.2, 0.25) is 0 Å². The van der Waals surface area contributed by atoms with E-state index in [0.29, 0.717) is 12.4 Å². The fourth-order valence-electron chi connectivity index (χ4n) is 1.58. The molecule has 0 spiro atoms. The number of hydrogen-bond acceptors (Lipinski definition) is 4. The van der Waals surface area contributed by atoms with Gasteiger partial charge in [-0.25, -0.2) is 8.42 Å². The molecule has 0 aliphatic rings. The van der Waals surface area contributed by atoms with Crippen LogP contribution in [0.15, 0.2) is 35.4 Å². The van der Waals surface area contributed by atoms with Gasteiger partial charge < -0.3 is 4.74 Å². The number of rotatable bonds is 5. The number of aryl methyl sites for hydroxylation is 1. The zero-order valence-electron chi connectivity index (χ0n) is 11.0. The molecule has 8 heteroatoms. The van der Waals surface area contributed by atoms with Gasteiger partial charge in [0.05, 0.1) is 17.7 Å². The predicted octanol–water partition coefficient (Wildman–Crippen LogP) is 2.27. The second-order valence-corrected chi connectivity index (χ2v) is 6.02. The second kappa shape index (κ2) is 5.72. The minimum atomic E-state index is -3.70. The number of sulfonamides is 1. The molecule has 108 valence electrons. The molecule has 6 nitrogen and oxygen atoms in total. The van der Waals surface area contributed by atoms with Gasteiger partial charge in [0, 0.05) is 7.05 Å². The van der Waals surface area contributed by atoms with E-state index >= 15 is 0 Å². The van der Waals surface area contributed by atoms with Gasteiger partial charge in [-0.2, -0.15) is 5.10 Å². The Morgan fingerprint density at radius 2 is 2.00 bits per heavy atom. The Morgan fingerprint density at radius 3 is 2.50 bits per heavy atom. The number of halogens is 1. The summed E-state index contributed by atoms with van der Waals surface area (Å²) in [6.45, 7) is 2.38. The van der Waals surface area contributed by atoms with Crippen LogP contribution >= 0.6 is 11.6 Å². The number of aromatic nitrogens is 2. The number of hydrogen-bond donors (Lipinski definition) is 1. The average molecular weight is 316 g/mol. The van der Waals surface area contributed by atoms with E-state index in [2.05, 4.69) is 9.82 Å². The number of ether oxygens (including phenoxy) is 1. The Labute approximate surface area is 122 Å². The molecule has 1 heterocycles. The highest BCUT2D eigenvalue weighted by Crippen LogP contribution is 2.24. The summed E-state index contributed by atoms with van der Waals surface area (Å²) in [6.07, 6.45) is 1.36. The molecule has 0 saturated carbocycles. The highest BCUT2D eigenvalue weighted by atomic mass is 35.5. The fraction of sp³-hybridized carbons (Fsp3) is 0.250. The highest BCUT2D eigenvalue weighted by Gasteiger charge is 2.17. The van der Waals surface area contributed by atoms with Gasteiger partial charge in [0.1, 0.15) is 11.4 Å². The molecule has 0 fully saturated rings. The summed E-state index contributed by atoms with van der Waals surface area (Å²) < 4.78 is 33.4. The van der Waals surface area contributed by atoms with Crippen molar-refractivity contribution >= 4 is 27.3 Å². The summed E-state index contributed by atoms with van der Waals surface area (Å²) in [4.78, 5) is 0.126. The maximum atomic E-state index is 12.2. The Bertz CT molecular complexity index is 695. The smallest absolute Gasteiger partial charge is 0.262 e. The summed E-state index contributed by atoms with van der Waals surface area (Å²) in [5.74, 6) is 0.617. The van der Waals surface area contributed by atoms with Crippen LogP contribution in [0.25, 0.3) is 0 Å². The average Bonchev–Trinajstić information content (AvgIpc) is 2.71. The normalized spacial score (nSPS) is 11.3. The first kappa shape index (κ1) is 14.7. The van der Waals surface area contributed by atoms with Crippen LogP contribution in [0.1, 0.15) is 6.92 Å². The lowest BCUT2D eigenvalue weighted by Crippen LogP contribution is -2.12. The maximum Gasteiger partial charge on any atom is 0.262 e. The van der Waals surface area contributed by atoms with Crippen LogP contribution in [0, 0.1) is 0 Å². The van der Waals surface area contributed by atoms with E-state index in [4.69, 9.17) is 16.3 Å². The van der Waals surface area contributed by atoms with E-state index in [0.717, 1.165) is 0 Å². The Hall–Kier alpha value is -1.73. The van der Waals surface area contributed by atoms with E-state index in [9.17, 15) is 8.42 Å². The molecule has 0 atom stereocenters. The van der Waals surface area contributed by atoms with Gasteiger partial charge in [0.25, 0.3) is 10.0 Å². The van der Waals surface area contributed by atoms with E-state index in [1.165, 1.54) is 23.0 Å². The van der Waals surface area contributed by atoms with E-state index in [-0.39, 0.29) is 15.7 Å². The predicted molar refractivity (Wildman–Crippen MR) is 76.6 cm³/mol. The highest BCUT2D eigenvalue weighted by molar-refractivity contribution is 7.92. The Morgan fingerprint density at radius 1 is 1.35 bits per heavy atom. The van der Waals surface area contributed by atoms with Crippen molar-refractivity contribution in [2.45, 2.75) is 11.8 Å². The largest absolute Gasteiger partial charge is 0.494 e. The van der Waals surface area contributed by atoms with E-state index in [1.54, 1.807) is 19.2 Å². The lowest BCUT2D eigenvalue weighted by Gasteiger charge is -2.08. The van der Waals surface area contributed by atoms with Crippen LogP contribution < -0.4 is 9.46 Å². The van der Waals surface area contributed by atoms with Gasteiger partial charge in [-0.3, -0.25) is 9.40 Å². The van der Waals surface area contributed by atoms with Gasteiger partial charge >= 0.3 is 0 Å². The van der Waals surface area contributed by atoms with Crippen LogP contribution in [0.4, 0.5) is 5.69 Å². The molecular weight excluding hydrogens is 302 g/mol. The zero-order valence-corrected chi connectivity index (χ0v) is 12.6. The Kier molecular flexibility index (Phi) is 4.20. The molecule has 0 amide bonds. The number of benzene rings is 1. The summed E-state index contributed by atoms with van der Waals surface area (Å²) in [5, 5.41) is 4.09. The van der Waals surface area contributed by atoms with Crippen molar-refractivity contribution in [1.82, 2.24) is 9.78 Å². The first-order valence-electron chi connectivity index (χ1n) is 5.87. The molecular formula is C12H14ClN3O3S. The zero-order chi connectivity index (χ0) is 14.8. The van der Waals surface area contributed by atoms with Crippen LogP contribution in [-0.2, 0) is 17.1 Å². The van der Waals surface area contributed by atoms with E-state index < -0.39 is 10.0 Å². The second-order valence-electron chi connectivity index (χ2n) is 3.98. The van der Waals surface area contributed by atoms with Gasteiger partial charge in [-0.15, -0.1) is 0 Å². The summed E-state index contributed by atoms with van der Waals surface area (Å²) in [5.41, 5.74) is 0.239. The number of anilines is 1. The van der Waals surface area contributed by atoms with Crippen molar-refractivity contribution in [2.24, 2.45) is 7.05 Å². The van der Waals surface area contributed by atoms with Crippen molar-refractivity contribution < 1.29 is 13.2 Å². The monoisotopic (exact) mass is 315 g/mol. The third-order valence-electron chi connectivity index (χ3n) is 2.56. The van der Waals surface area contributed by atoms with Crippen LogP contribution in [0.3, 0.4) is 0 Å². The molecule has 2 aromatic rings. The van der Waals surface area contributed by atoms with Crippen molar-refractivity contribution in [3.63, 3.8) is 0 Å². The van der Waals surface area contributed by atoms with Gasteiger partial charge in [-0.05, 0) is 31.2 Å². The van der Waals surface area contributed by atoms with Crippen molar-refractivity contribution in [2.75, 3.05) is 11.3 Å². The SMILES string of the molecule is CCOc1ccc(S(=O)(=O)Nc2cnn(C)c2Cl)cc1. The topological polar surface area (TPSA) is 73.2 Å². The first-order valence-corrected chi connectivity index (χ1v) is 7.73. The van der Waals surface area contributed by atoms with Crippen LogP contribution in [-0.4, -0.2) is 24.8 Å². The number of nitrogens with one attached hydrogen (secondary N) is 1. The van der Waals surface area contributed by atoms with Crippen molar-refractivity contribution in [3.8, 4) is 5.75 Å². The molecule has 0 bridgehead atoms. The minimum Gasteiger partial charge on any atom is -0.494 e. The molecule has 0 saturated heterocycles. The molecule has 20 heavy (non-hydrogen) atoms. The fourth-order valence-corrected chi connectivity index (χ4v) is 2.82. The third-order valence-corrected chi connectivity index (χ3v) is 4.39. The summed E-state index contributed by atoms with van der Waals surface area (Å²) in [6, 6.07) is 6.14. The van der Waals surface area contributed by atoms with E-state index in [1.807, 2.05) is 6.92 Å². The van der Waals surface area contributed by atoms with Gasteiger partial charge in [0.15, 0.2) is 5.15 Å². The van der Waals surface area contributed by atoms with Gasteiger partial charge in [-0.1, -0.05) is 11.6 Å². The minimum absolute atomic E-state index is 0.126. The molecule has 1 aromatic heterocycles. The lowest BCUT2D eigenvalue weighted by molar-refractivity contribution is 0.340. The lowest BCUT2D eigenvalue weighted by atomic mass is 10.3. The summed E-state index contributed by atoms with van der Waals surface area (Å²) >= 11 is 5.92. The van der Waals surface area contributed by atoms with Crippen LogP contribution in [0.5, 0.6) is 5.75 Å². The Balaban J connectivity index is 2.24. The molecule has 0 aliphatic carbocycles. The maximum absolute atomic E-state index is 12.2. The number of nitrogens with zero attached hydrogens (tertiary/aromatic N) is 2. The van der Waals surface area contributed by atoms with Crippen molar-refractivity contribution in [1.29, 1.82) is 0 Å². The van der Waals surface area contributed by atoms with Crippen LogP contribution in [0.2, 0.25) is 5.15 Å². The standard InChI is InChI=1S/C12H14ClN3O3S/c1-3-19-9-4-6-10(7-5-9)20(17,18)15-11-8-14-16(2)12(11)13/h4-8,15H,3H2,1-2H3. The third kappa shape index (κ3) is 3.05. The molecule has 1 aromatic carbocycles. The molecule has 0 aliphatic heterocycles. The molecule has 2 rings (SSSR count). The molecule has 1 N–H and O–H groups in total. The van der Waals surface area contributed by atoms with Crippen molar-refractivity contribution in [3.05, 3.63) is 35.6 Å². The summed E-state index contributed by atoms with van der Waals surface area (Å²) in [7, 11) is -2.08. The first-order chi connectivity index (χ1) is 9.44. The molecule has 0 radical (unpaired) electrons. The molecule has 0 unspecified atom stereocenters.